The minimum absolute atomic E-state index is 0.00566. The fourth-order valence-corrected chi connectivity index (χ4v) is 4.14. The molecule has 1 aromatic carbocycles. The van der Waals surface area contributed by atoms with Crippen LogP contribution in [0, 0.1) is 11.3 Å². The summed E-state index contributed by atoms with van der Waals surface area (Å²) in [7, 11) is -1.59. The van der Waals surface area contributed by atoms with Crippen LogP contribution in [0.25, 0.3) is 0 Å². The lowest BCUT2D eigenvalue weighted by molar-refractivity contribution is 0.285. The zero-order valence-corrected chi connectivity index (χ0v) is 12.6. The van der Waals surface area contributed by atoms with Crippen LogP contribution >= 0.6 is 0 Å². The van der Waals surface area contributed by atoms with Crippen molar-refractivity contribution in [1.82, 2.24) is 4.31 Å². The van der Waals surface area contributed by atoms with Crippen molar-refractivity contribution in [3.05, 3.63) is 35.4 Å². The van der Waals surface area contributed by atoms with Crippen LogP contribution in [0.15, 0.2) is 24.3 Å². The maximum atomic E-state index is 12.4. The molecule has 1 aliphatic rings. The van der Waals surface area contributed by atoms with Crippen LogP contribution in [0.1, 0.15) is 43.2 Å². The zero-order valence-electron chi connectivity index (χ0n) is 11.7. The highest BCUT2D eigenvalue weighted by molar-refractivity contribution is 7.88. The maximum absolute atomic E-state index is 12.4. The van der Waals surface area contributed by atoms with E-state index < -0.39 is 10.0 Å². The predicted octanol–water partition coefficient (Wildman–Crippen LogP) is 2.65. The number of rotatable bonds is 4. The third-order valence-electron chi connectivity index (χ3n) is 3.96. The molecule has 20 heavy (non-hydrogen) atoms. The van der Waals surface area contributed by atoms with Gasteiger partial charge < -0.3 is 0 Å². The second-order valence-corrected chi connectivity index (χ2v) is 7.40. The van der Waals surface area contributed by atoms with Gasteiger partial charge in [-0.05, 0) is 30.5 Å². The molecule has 0 atom stereocenters. The highest BCUT2D eigenvalue weighted by atomic mass is 32.2. The maximum Gasteiger partial charge on any atom is 0.218 e. The minimum Gasteiger partial charge on any atom is -0.212 e. The minimum atomic E-state index is -3.28. The van der Waals surface area contributed by atoms with Crippen molar-refractivity contribution in [2.45, 2.75) is 43.9 Å². The standard InChI is InChI=1S/C15H20N2O2S/c1-17(15-5-3-2-4-6-15)20(18,19)12-14-9-7-13(11-16)8-10-14/h7-10,15H,2-6,12H2,1H3. The average Bonchev–Trinajstić information content (AvgIpc) is 2.48. The molecule has 0 amide bonds. The molecular formula is C15H20N2O2S. The van der Waals surface area contributed by atoms with Crippen LogP contribution in [0.3, 0.4) is 0 Å². The van der Waals surface area contributed by atoms with E-state index in [0.29, 0.717) is 5.56 Å². The van der Waals surface area contributed by atoms with Gasteiger partial charge in [0.2, 0.25) is 10.0 Å². The number of hydrogen-bond acceptors (Lipinski definition) is 3. The molecule has 0 unspecified atom stereocenters. The van der Waals surface area contributed by atoms with Crippen molar-refractivity contribution < 1.29 is 8.42 Å². The molecule has 1 fully saturated rings. The second kappa shape index (κ2) is 6.38. The van der Waals surface area contributed by atoms with Gasteiger partial charge in [0, 0.05) is 13.1 Å². The summed E-state index contributed by atoms with van der Waals surface area (Å²) in [6.45, 7) is 0. The van der Waals surface area contributed by atoms with Crippen LogP contribution in [0.4, 0.5) is 0 Å². The van der Waals surface area contributed by atoms with Gasteiger partial charge in [-0.3, -0.25) is 0 Å². The van der Waals surface area contributed by atoms with Crippen molar-refractivity contribution in [1.29, 1.82) is 5.26 Å². The van der Waals surface area contributed by atoms with Crippen LogP contribution in [-0.4, -0.2) is 25.8 Å². The molecule has 0 aliphatic heterocycles. The zero-order chi connectivity index (χ0) is 14.6. The Kier molecular flexibility index (Phi) is 4.79. The average molecular weight is 292 g/mol. The molecule has 0 heterocycles. The van der Waals surface area contributed by atoms with Gasteiger partial charge in [0.1, 0.15) is 0 Å². The van der Waals surface area contributed by atoms with Crippen molar-refractivity contribution in [2.75, 3.05) is 7.05 Å². The summed E-state index contributed by atoms with van der Waals surface area (Å²) in [5, 5.41) is 8.74. The molecule has 1 aliphatic carbocycles. The summed E-state index contributed by atoms with van der Waals surface area (Å²) in [5.41, 5.74) is 1.28. The molecular weight excluding hydrogens is 272 g/mol. The van der Waals surface area contributed by atoms with Gasteiger partial charge in [-0.2, -0.15) is 5.26 Å². The Hall–Kier alpha value is -1.38. The lowest BCUT2D eigenvalue weighted by atomic mass is 9.96. The van der Waals surface area contributed by atoms with E-state index in [9.17, 15) is 8.42 Å². The smallest absolute Gasteiger partial charge is 0.212 e. The Morgan fingerprint density at radius 3 is 2.35 bits per heavy atom. The monoisotopic (exact) mass is 292 g/mol. The molecule has 0 saturated heterocycles. The number of nitriles is 1. The predicted molar refractivity (Wildman–Crippen MR) is 78.4 cm³/mol. The van der Waals surface area contributed by atoms with E-state index in [4.69, 9.17) is 5.26 Å². The van der Waals surface area contributed by atoms with E-state index in [1.54, 1.807) is 35.6 Å². The summed E-state index contributed by atoms with van der Waals surface area (Å²) in [5.74, 6) is 0.00566. The molecule has 0 spiro atoms. The Morgan fingerprint density at radius 1 is 1.20 bits per heavy atom. The highest BCUT2D eigenvalue weighted by Crippen LogP contribution is 2.24. The number of nitrogens with zero attached hydrogens (tertiary/aromatic N) is 2. The van der Waals surface area contributed by atoms with Crippen molar-refractivity contribution in [2.24, 2.45) is 0 Å². The Labute approximate surface area is 121 Å². The van der Waals surface area contributed by atoms with Gasteiger partial charge in [0.15, 0.2) is 0 Å². The van der Waals surface area contributed by atoms with Gasteiger partial charge >= 0.3 is 0 Å². The first-order valence-electron chi connectivity index (χ1n) is 6.98. The SMILES string of the molecule is CN(C1CCCCC1)S(=O)(=O)Cc1ccc(C#N)cc1. The number of benzene rings is 1. The first kappa shape index (κ1) is 15.0. The molecule has 0 N–H and O–H groups in total. The van der Waals surface area contributed by atoms with Crippen LogP contribution in [0.2, 0.25) is 0 Å². The quantitative estimate of drug-likeness (QED) is 0.857. The van der Waals surface area contributed by atoms with E-state index in [-0.39, 0.29) is 11.8 Å². The fourth-order valence-electron chi connectivity index (χ4n) is 2.66. The molecule has 108 valence electrons. The normalized spacial score (nSPS) is 17.1. The summed E-state index contributed by atoms with van der Waals surface area (Å²) in [4.78, 5) is 0. The van der Waals surface area contributed by atoms with Crippen molar-refractivity contribution >= 4 is 10.0 Å². The molecule has 5 heteroatoms. The first-order chi connectivity index (χ1) is 9.53. The van der Waals surface area contributed by atoms with E-state index >= 15 is 0 Å². The third kappa shape index (κ3) is 3.59. The molecule has 0 bridgehead atoms. The van der Waals surface area contributed by atoms with Crippen molar-refractivity contribution in [3.8, 4) is 6.07 Å². The van der Waals surface area contributed by atoms with Gasteiger partial charge in [-0.1, -0.05) is 31.4 Å². The van der Waals surface area contributed by atoms with Crippen LogP contribution in [-0.2, 0) is 15.8 Å². The van der Waals surface area contributed by atoms with Gasteiger partial charge in [0.25, 0.3) is 0 Å². The third-order valence-corrected chi connectivity index (χ3v) is 5.83. The summed E-state index contributed by atoms with van der Waals surface area (Å²) < 4.78 is 26.4. The van der Waals surface area contributed by atoms with Crippen LogP contribution in [0.5, 0.6) is 0 Å². The van der Waals surface area contributed by atoms with Gasteiger partial charge in [-0.25, -0.2) is 12.7 Å². The Bertz CT molecular complexity index is 581. The molecule has 0 aromatic heterocycles. The fraction of sp³-hybridized carbons (Fsp3) is 0.533. The summed E-state index contributed by atoms with van der Waals surface area (Å²) in [6, 6.07) is 8.92. The first-order valence-corrected chi connectivity index (χ1v) is 8.58. The molecule has 4 nitrogen and oxygen atoms in total. The number of sulfonamides is 1. The van der Waals surface area contributed by atoms with E-state index in [0.717, 1.165) is 31.2 Å². The van der Waals surface area contributed by atoms with E-state index in [1.165, 1.54) is 6.42 Å². The highest BCUT2D eigenvalue weighted by Gasteiger charge is 2.27. The van der Waals surface area contributed by atoms with Gasteiger partial charge in [0.05, 0.1) is 17.4 Å². The largest absolute Gasteiger partial charge is 0.218 e. The van der Waals surface area contributed by atoms with E-state index in [1.807, 2.05) is 6.07 Å². The molecule has 1 saturated carbocycles. The Morgan fingerprint density at radius 2 is 1.80 bits per heavy atom. The summed E-state index contributed by atoms with van der Waals surface area (Å²) >= 11 is 0. The molecule has 1 aromatic rings. The second-order valence-electron chi connectivity index (χ2n) is 5.37. The molecule has 0 radical (unpaired) electrons. The summed E-state index contributed by atoms with van der Waals surface area (Å²) in [6.07, 6.45) is 5.36. The Balaban J connectivity index is 2.07. The van der Waals surface area contributed by atoms with E-state index in [2.05, 4.69) is 0 Å². The topological polar surface area (TPSA) is 61.2 Å². The lowest BCUT2D eigenvalue weighted by Crippen LogP contribution is -2.38. The molecule has 2 rings (SSSR count). The van der Waals surface area contributed by atoms with Gasteiger partial charge in [-0.15, -0.1) is 0 Å². The number of hydrogen-bond donors (Lipinski definition) is 0. The lowest BCUT2D eigenvalue weighted by Gasteiger charge is -2.30. The van der Waals surface area contributed by atoms with Crippen molar-refractivity contribution in [3.63, 3.8) is 0 Å². The van der Waals surface area contributed by atoms with Crippen LogP contribution < -0.4 is 0 Å².